The van der Waals surface area contributed by atoms with Gasteiger partial charge in [0, 0.05) is 17.0 Å². The van der Waals surface area contributed by atoms with Crippen molar-refractivity contribution < 1.29 is 4.79 Å². The summed E-state index contributed by atoms with van der Waals surface area (Å²) in [5.41, 5.74) is 7.82. The van der Waals surface area contributed by atoms with E-state index in [0.29, 0.717) is 11.4 Å². The quantitative estimate of drug-likeness (QED) is 0.702. The van der Waals surface area contributed by atoms with Crippen LogP contribution in [0.5, 0.6) is 0 Å². The Bertz CT molecular complexity index is 667. The highest BCUT2D eigenvalue weighted by molar-refractivity contribution is 6.30. The van der Waals surface area contributed by atoms with E-state index in [0.717, 1.165) is 22.3 Å². The number of ketones is 1. The standard InChI is InChI=1S/C19H21ClO/c1-11-12(2)14(4)19(15(5)13(11)3)18(21)10-16-6-8-17(20)9-7-16/h6-9H,10H2,1-5H3. The Morgan fingerprint density at radius 3 is 1.71 bits per heavy atom. The molecule has 0 bridgehead atoms. The first-order valence-corrected chi connectivity index (χ1v) is 7.55. The summed E-state index contributed by atoms with van der Waals surface area (Å²) < 4.78 is 0. The average molecular weight is 301 g/mol. The molecule has 0 aliphatic heterocycles. The van der Waals surface area contributed by atoms with Gasteiger partial charge in [0.05, 0.1) is 0 Å². The Kier molecular flexibility index (Phi) is 4.53. The lowest BCUT2D eigenvalue weighted by molar-refractivity contribution is 0.0991. The second-order valence-corrected chi connectivity index (χ2v) is 6.16. The van der Waals surface area contributed by atoms with E-state index in [-0.39, 0.29) is 5.78 Å². The summed E-state index contributed by atoms with van der Waals surface area (Å²) in [5, 5.41) is 0.695. The van der Waals surface area contributed by atoms with Crippen molar-refractivity contribution in [1.82, 2.24) is 0 Å². The van der Waals surface area contributed by atoms with Crippen molar-refractivity contribution in [1.29, 1.82) is 0 Å². The highest BCUT2D eigenvalue weighted by Crippen LogP contribution is 2.27. The third-order valence-electron chi connectivity index (χ3n) is 4.56. The zero-order valence-electron chi connectivity index (χ0n) is 13.3. The van der Waals surface area contributed by atoms with Crippen molar-refractivity contribution in [2.75, 3.05) is 0 Å². The molecular weight excluding hydrogens is 280 g/mol. The molecule has 0 atom stereocenters. The number of hydrogen-bond donors (Lipinski definition) is 0. The van der Waals surface area contributed by atoms with Gasteiger partial charge in [-0.05, 0) is 80.1 Å². The van der Waals surface area contributed by atoms with Crippen LogP contribution in [-0.4, -0.2) is 5.78 Å². The lowest BCUT2D eigenvalue weighted by atomic mass is 9.86. The van der Waals surface area contributed by atoms with Gasteiger partial charge in [0.1, 0.15) is 0 Å². The zero-order valence-corrected chi connectivity index (χ0v) is 14.1. The fourth-order valence-corrected chi connectivity index (χ4v) is 2.92. The Morgan fingerprint density at radius 1 is 0.810 bits per heavy atom. The number of rotatable bonds is 3. The third-order valence-corrected chi connectivity index (χ3v) is 4.81. The lowest BCUT2D eigenvalue weighted by Gasteiger charge is -2.18. The van der Waals surface area contributed by atoms with Crippen LogP contribution < -0.4 is 0 Å². The van der Waals surface area contributed by atoms with Gasteiger partial charge < -0.3 is 0 Å². The lowest BCUT2D eigenvalue weighted by Crippen LogP contribution is -2.11. The van der Waals surface area contributed by atoms with Crippen LogP contribution >= 0.6 is 11.6 Å². The maximum absolute atomic E-state index is 12.7. The van der Waals surface area contributed by atoms with Gasteiger partial charge in [0.25, 0.3) is 0 Å². The van der Waals surface area contributed by atoms with Crippen molar-refractivity contribution in [3.63, 3.8) is 0 Å². The molecule has 2 aromatic rings. The first-order valence-electron chi connectivity index (χ1n) is 7.17. The molecule has 0 N–H and O–H groups in total. The van der Waals surface area contributed by atoms with Gasteiger partial charge in [-0.2, -0.15) is 0 Å². The molecule has 0 aliphatic rings. The summed E-state index contributed by atoms with van der Waals surface area (Å²) in [6.45, 7) is 10.4. The van der Waals surface area contributed by atoms with Gasteiger partial charge in [-0.15, -0.1) is 0 Å². The SMILES string of the molecule is Cc1c(C)c(C)c(C(=O)Cc2ccc(Cl)cc2)c(C)c1C. The minimum absolute atomic E-state index is 0.179. The van der Waals surface area contributed by atoms with E-state index in [1.807, 2.05) is 38.1 Å². The molecule has 2 heteroatoms. The summed E-state index contributed by atoms with van der Waals surface area (Å²) in [4.78, 5) is 12.7. The number of halogens is 1. The third kappa shape index (κ3) is 3.03. The minimum atomic E-state index is 0.179. The van der Waals surface area contributed by atoms with Crippen LogP contribution in [-0.2, 0) is 6.42 Å². The molecule has 21 heavy (non-hydrogen) atoms. The van der Waals surface area contributed by atoms with Crippen molar-refractivity contribution in [3.8, 4) is 0 Å². The van der Waals surface area contributed by atoms with E-state index in [1.165, 1.54) is 16.7 Å². The minimum Gasteiger partial charge on any atom is -0.294 e. The molecule has 2 aromatic carbocycles. The first kappa shape index (κ1) is 15.8. The Morgan fingerprint density at radius 2 is 1.24 bits per heavy atom. The Balaban J connectivity index is 2.42. The van der Waals surface area contributed by atoms with Gasteiger partial charge in [-0.25, -0.2) is 0 Å². The second kappa shape index (κ2) is 6.03. The Labute approximate surface area is 132 Å². The highest BCUT2D eigenvalue weighted by atomic mass is 35.5. The summed E-state index contributed by atoms with van der Waals surface area (Å²) in [6.07, 6.45) is 0.417. The van der Waals surface area contributed by atoms with Crippen molar-refractivity contribution in [2.45, 2.75) is 41.0 Å². The van der Waals surface area contributed by atoms with E-state index in [9.17, 15) is 4.79 Å². The van der Waals surface area contributed by atoms with Crippen LogP contribution in [0, 0.1) is 34.6 Å². The molecule has 0 heterocycles. The molecular formula is C19H21ClO. The first-order chi connectivity index (χ1) is 9.82. The fourth-order valence-electron chi connectivity index (χ4n) is 2.79. The zero-order chi connectivity index (χ0) is 15.7. The van der Waals surface area contributed by atoms with Crippen LogP contribution in [0.25, 0.3) is 0 Å². The van der Waals surface area contributed by atoms with E-state index >= 15 is 0 Å². The molecule has 1 nitrogen and oxygen atoms in total. The van der Waals surface area contributed by atoms with E-state index < -0.39 is 0 Å². The van der Waals surface area contributed by atoms with Gasteiger partial charge in [-0.1, -0.05) is 23.7 Å². The highest BCUT2D eigenvalue weighted by Gasteiger charge is 2.18. The molecule has 0 aliphatic carbocycles. The second-order valence-electron chi connectivity index (χ2n) is 5.73. The topological polar surface area (TPSA) is 17.1 Å². The van der Waals surface area contributed by atoms with Crippen LogP contribution in [0.1, 0.15) is 43.7 Å². The summed E-state index contributed by atoms with van der Waals surface area (Å²) in [6, 6.07) is 7.49. The predicted octanol–water partition coefficient (Wildman–Crippen LogP) is 5.31. The Hall–Kier alpha value is -1.60. The number of carbonyl (C=O) groups excluding carboxylic acids is 1. The maximum Gasteiger partial charge on any atom is 0.167 e. The summed E-state index contributed by atoms with van der Waals surface area (Å²) in [5.74, 6) is 0.179. The average Bonchev–Trinajstić information content (AvgIpc) is 2.46. The van der Waals surface area contributed by atoms with E-state index in [4.69, 9.17) is 11.6 Å². The van der Waals surface area contributed by atoms with E-state index in [2.05, 4.69) is 20.8 Å². The molecule has 0 spiro atoms. The van der Waals surface area contributed by atoms with Crippen LogP contribution in [0.4, 0.5) is 0 Å². The molecule has 0 radical (unpaired) electrons. The molecule has 0 saturated carbocycles. The van der Waals surface area contributed by atoms with E-state index in [1.54, 1.807) is 0 Å². The number of Topliss-reactive ketones (excluding diaryl/α,β-unsaturated/α-hetero) is 1. The fraction of sp³-hybridized carbons (Fsp3) is 0.316. The number of benzene rings is 2. The number of carbonyl (C=O) groups is 1. The van der Waals surface area contributed by atoms with Gasteiger partial charge in [0.2, 0.25) is 0 Å². The summed E-state index contributed by atoms with van der Waals surface area (Å²) >= 11 is 5.89. The largest absolute Gasteiger partial charge is 0.294 e. The molecule has 0 unspecified atom stereocenters. The maximum atomic E-state index is 12.7. The molecule has 0 amide bonds. The van der Waals surface area contributed by atoms with Gasteiger partial charge in [0.15, 0.2) is 5.78 Å². The number of hydrogen-bond acceptors (Lipinski definition) is 1. The summed E-state index contributed by atoms with van der Waals surface area (Å²) in [7, 11) is 0. The van der Waals surface area contributed by atoms with Crippen molar-refractivity contribution >= 4 is 17.4 Å². The molecule has 2 rings (SSSR count). The van der Waals surface area contributed by atoms with Crippen molar-refractivity contribution in [3.05, 3.63) is 68.2 Å². The normalized spacial score (nSPS) is 10.8. The predicted molar refractivity (Wildman–Crippen MR) is 89.6 cm³/mol. The molecule has 0 aromatic heterocycles. The molecule has 0 saturated heterocycles. The van der Waals surface area contributed by atoms with Crippen molar-refractivity contribution in [2.24, 2.45) is 0 Å². The van der Waals surface area contributed by atoms with Gasteiger partial charge >= 0.3 is 0 Å². The van der Waals surface area contributed by atoms with Crippen LogP contribution in [0.15, 0.2) is 24.3 Å². The molecule has 0 fully saturated rings. The smallest absolute Gasteiger partial charge is 0.167 e. The van der Waals surface area contributed by atoms with Crippen LogP contribution in [0.3, 0.4) is 0 Å². The molecule has 110 valence electrons. The van der Waals surface area contributed by atoms with Crippen LogP contribution in [0.2, 0.25) is 5.02 Å². The van der Waals surface area contributed by atoms with Gasteiger partial charge in [-0.3, -0.25) is 4.79 Å². The monoisotopic (exact) mass is 300 g/mol.